The Kier molecular flexibility index (Phi) is 3.62. The second-order valence-electron chi connectivity index (χ2n) is 4.53. The highest BCUT2D eigenvalue weighted by Gasteiger charge is 2.36. The van der Waals surface area contributed by atoms with Gasteiger partial charge in [-0.1, -0.05) is 30.3 Å². The summed E-state index contributed by atoms with van der Waals surface area (Å²) >= 11 is 0. The molecule has 0 bridgehead atoms. The molecule has 2 atom stereocenters. The molecule has 1 aliphatic heterocycles. The third-order valence-corrected chi connectivity index (χ3v) is 3.26. The van der Waals surface area contributed by atoms with E-state index in [1.807, 2.05) is 30.3 Å². The van der Waals surface area contributed by atoms with Crippen LogP contribution < -0.4 is 11.5 Å². The van der Waals surface area contributed by atoms with E-state index in [0.29, 0.717) is 19.4 Å². The summed E-state index contributed by atoms with van der Waals surface area (Å²) in [6.45, 7) is 0.500. The molecule has 1 aromatic carbocycles. The topological polar surface area (TPSA) is 89.4 Å². The number of carbonyl (C=O) groups is 2. The van der Waals surface area contributed by atoms with Gasteiger partial charge in [0.2, 0.25) is 11.8 Å². The normalized spacial score (nSPS) is 21.1. The summed E-state index contributed by atoms with van der Waals surface area (Å²) in [5.74, 6) is -0.670. The molecular formula is C13H17N3O2. The number of carbonyl (C=O) groups excluding carboxylic acids is 2. The minimum absolute atomic E-state index is 0.185. The zero-order chi connectivity index (χ0) is 13.1. The number of nitrogens with zero attached hydrogens (tertiary/aromatic N) is 1. The van der Waals surface area contributed by atoms with Crippen molar-refractivity contribution < 1.29 is 9.59 Å². The first-order chi connectivity index (χ1) is 8.59. The van der Waals surface area contributed by atoms with Crippen LogP contribution in [0.3, 0.4) is 0 Å². The molecule has 2 amide bonds. The summed E-state index contributed by atoms with van der Waals surface area (Å²) in [6, 6.07) is 8.42. The molecule has 1 aromatic rings. The number of primary amides is 1. The van der Waals surface area contributed by atoms with Crippen LogP contribution in [0.15, 0.2) is 30.3 Å². The summed E-state index contributed by atoms with van der Waals surface area (Å²) in [5, 5.41) is 0. The third-order valence-electron chi connectivity index (χ3n) is 3.26. The Labute approximate surface area is 106 Å². The highest BCUT2D eigenvalue weighted by atomic mass is 16.2. The van der Waals surface area contributed by atoms with E-state index >= 15 is 0 Å². The lowest BCUT2D eigenvalue weighted by Gasteiger charge is -2.25. The number of nitrogens with two attached hydrogens (primary N) is 2. The lowest BCUT2D eigenvalue weighted by Crippen LogP contribution is -2.48. The van der Waals surface area contributed by atoms with Crippen LogP contribution in [0, 0.1) is 0 Å². The van der Waals surface area contributed by atoms with Crippen molar-refractivity contribution in [3.63, 3.8) is 0 Å². The van der Waals surface area contributed by atoms with Crippen LogP contribution in [0.5, 0.6) is 0 Å². The van der Waals surface area contributed by atoms with Gasteiger partial charge in [-0.05, 0) is 12.0 Å². The molecule has 0 aromatic heterocycles. The lowest BCUT2D eigenvalue weighted by atomic mass is 10.0. The first-order valence-corrected chi connectivity index (χ1v) is 5.99. The number of rotatable bonds is 4. The van der Waals surface area contributed by atoms with Crippen LogP contribution in [0.2, 0.25) is 0 Å². The van der Waals surface area contributed by atoms with Gasteiger partial charge >= 0.3 is 0 Å². The molecule has 1 heterocycles. The minimum Gasteiger partial charge on any atom is -0.368 e. The zero-order valence-electron chi connectivity index (χ0n) is 10.1. The molecule has 0 aliphatic carbocycles. The molecule has 2 rings (SSSR count). The van der Waals surface area contributed by atoms with E-state index in [4.69, 9.17) is 11.5 Å². The first-order valence-electron chi connectivity index (χ1n) is 5.99. The van der Waals surface area contributed by atoms with Gasteiger partial charge in [0.05, 0.1) is 6.04 Å². The Balaban J connectivity index is 2.15. The van der Waals surface area contributed by atoms with Gasteiger partial charge < -0.3 is 16.4 Å². The fourth-order valence-electron chi connectivity index (χ4n) is 2.24. The Hall–Kier alpha value is -1.88. The van der Waals surface area contributed by atoms with E-state index < -0.39 is 18.0 Å². The fourth-order valence-corrected chi connectivity index (χ4v) is 2.24. The highest BCUT2D eigenvalue weighted by molar-refractivity contribution is 5.90. The van der Waals surface area contributed by atoms with Gasteiger partial charge in [-0.25, -0.2) is 0 Å². The summed E-state index contributed by atoms with van der Waals surface area (Å²) in [4.78, 5) is 24.9. The molecule has 18 heavy (non-hydrogen) atoms. The molecule has 96 valence electrons. The Morgan fingerprint density at radius 1 is 1.39 bits per heavy atom. The summed E-state index contributed by atoms with van der Waals surface area (Å²) < 4.78 is 0. The van der Waals surface area contributed by atoms with E-state index in [1.54, 1.807) is 0 Å². The van der Waals surface area contributed by atoms with Gasteiger partial charge in [0.15, 0.2) is 0 Å². The van der Waals surface area contributed by atoms with E-state index in [-0.39, 0.29) is 5.91 Å². The monoisotopic (exact) mass is 247 g/mol. The fraction of sp³-hybridized carbons (Fsp3) is 0.385. The van der Waals surface area contributed by atoms with Gasteiger partial charge in [0, 0.05) is 13.0 Å². The minimum atomic E-state index is -0.603. The third kappa shape index (κ3) is 2.51. The van der Waals surface area contributed by atoms with E-state index in [1.165, 1.54) is 4.90 Å². The molecule has 0 saturated carbocycles. The molecule has 0 unspecified atom stereocenters. The quantitative estimate of drug-likeness (QED) is 0.761. The average molecular weight is 247 g/mol. The van der Waals surface area contributed by atoms with E-state index in [2.05, 4.69) is 0 Å². The van der Waals surface area contributed by atoms with Crippen molar-refractivity contribution in [1.29, 1.82) is 0 Å². The smallest absolute Gasteiger partial charge is 0.240 e. The van der Waals surface area contributed by atoms with Gasteiger partial charge in [-0.2, -0.15) is 0 Å². The molecular weight excluding hydrogens is 230 g/mol. The molecule has 1 saturated heterocycles. The Morgan fingerprint density at radius 2 is 2.06 bits per heavy atom. The van der Waals surface area contributed by atoms with Crippen LogP contribution >= 0.6 is 0 Å². The number of likely N-dealkylation sites (tertiary alicyclic amines) is 1. The van der Waals surface area contributed by atoms with E-state index in [9.17, 15) is 9.59 Å². The molecule has 0 radical (unpaired) electrons. The predicted molar refractivity (Wildman–Crippen MR) is 67.4 cm³/mol. The molecule has 5 heteroatoms. The SMILES string of the molecule is NC(=O)[C@H](Cc1ccccc1)N1CC[C@@H](N)C1=O. The summed E-state index contributed by atoms with van der Waals surface area (Å²) in [6.07, 6.45) is 1.02. The van der Waals surface area contributed by atoms with Crippen molar-refractivity contribution in [3.8, 4) is 0 Å². The number of amides is 2. The van der Waals surface area contributed by atoms with Gasteiger partial charge in [0.25, 0.3) is 0 Å². The highest BCUT2D eigenvalue weighted by Crippen LogP contribution is 2.16. The lowest BCUT2D eigenvalue weighted by molar-refractivity contribution is -0.136. The predicted octanol–water partition coefficient (Wildman–Crippen LogP) is -0.357. The molecule has 5 nitrogen and oxygen atoms in total. The van der Waals surface area contributed by atoms with Gasteiger partial charge in [-0.15, -0.1) is 0 Å². The Morgan fingerprint density at radius 3 is 2.56 bits per heavy atom. The molecule has 4 N–H and O–H groups in total. The number of hydrogen-bond acceptors (Lipinski definition) is 3. The van der Waals surface area contributed by atoms with Crippen molar-refractivity contribution in [1.82, 2.24) is 4.90 Å². The second kappa shape index (κ2) is 5.18. The van der Waals surface area contributed by atoms with Gasteiger partial charge in [-0.3, -0.25) is 9.59 Å². The molecule has 0 spiro atoms. The second-order valence-corrected chi connectivity index (χ2v) is 4.53. The van der Waals surface area contributed by atoms with Crippen LogP contribution in [0.1, 0.15) is 12.0 Å². The maximum atomic E-state index is 11.8. The standard InChI is InChI=1S/C13H17N3O2/c14-10-6-7-16(13(10)18)11(12(15)17)8-9-4-2-1-3-5-9/h1-5,10-11H,6-8,14H2,(H2,15,17)/t10-,11+/m1/s1. The maximum Gasteiger partial charge on any atom is 0.240 e. The zero-order valence-corrected chi connectivity index (χ0v) is 10.1. The first kappa shape index (κ1) is 12.6. The van der Waals surface area contributed by atoms with E-state index in [0.717, 1.165) is 5.56 Å². The number of hydrogen-bond donors (Lipinski definition) is 2. The van der Waals surface area contributed by atoms with Crippen LogP contribution in [0.25, 0.3) is 0 Å². The number of benzene rings is 1. The van der Waals surface area contributed by atoms with Gasteiger partial charge in [0.1, 0.15) is 6.04 Å². The molecule has 1 fully saturated rings. The maximum absolute atomic E-state index is 11.8. The molecule has 1 aliphatic rings. The van der Waals surface area contributed by atoms with Crippen LogP contribution in [0.4, 0.5) is 0 Å². The average Bonchev–Trinajstić information content (AvgIpc) is 2.68. The summed E-state index contributed by atoms with van der Waals surface area (Å²) in [5.41, 5.74) is 12.0. The summed E-state index contributed by atoms with van der Waals surface area (Å²) in [7, 11) is 0. The van der Waals surface area contributed by atoms with Crippen molar-refractivity contribution in [2.75, 3.05) is 6.54 Å². The van der Waals surface area contributed by atoms with Crippen LogP contribution in [-0.2, 0) is 16.0 Å². The van der Waals surface area contributed by atoms with Crippen LogP contribution in [-0.4, -0.2) is 35.3 Å². The van der Waals surface area contributed by atoms with Crippen molar-refractivity contribution in [2.45, 2.75) is 24.9 Å². The largest absolute Gasteiger partial charge is 0.368 e. The van der Waals surface area contributed by atoms with Crippen molar-refractivity contribution in [2.24, 2.45) is 11.5 Å². The Bertz CT molecular complexity index is 447. The van der Waals surface area contributed by atoms with Crippen molar-refractivity contribution >= 4 is 11.8 Å². The van der Waals surface area contributed by atoms with Crippen molar-refractivity contribution in [3.05, 3.63) is 35.9 Å².